The molecule has 144 valence electrons. The zero-order valence-corrected chi connectivity index (χ0v) is 17.3. The summed E-state index contributed by atoms with van der Waals surface area (Å²) in [4.78, 5) is 0.215. The molecule has 0 heterocycles. The minimum Gasteiger partial charge on any atom is -0.332 e. The van der Waals surface area contributed by atoms with Crippen molar-refractivity contribution in [2.75, 3.05) is 15.4 Å². The van der Waals surface area contributed by atoms with Gasteiger partial charge >= 0.3 is 0 Å². The third-order valence-corrected chi connectivity index (χ3v) is 5.65. The van der Waals surface area contributed by atoms with Gasteiger partial charge in [0.15, 0.2) is 5.11 Å². The van der Waals surface area contributed by atoms with E-state index in [0.29, 0.717) is 15.8 Å². The highest BCUT2D eigenvalue weighted by atomic mass is 35.5. The largest absolute Gasteiger partial charge is 0.332 e. The highest BCUT2D eigenvalue weighted by Gasteiger charge is 2.13. The van der Waals surface area contributed by atoms with Gasteiger partial charge in [-0.3, -0.25) is 4.72 Å². The van der Waals surface area contributed by atoms with Gasteiger partial charge in [0.2, 0.25) is 0 Å². The molecule has 0 saturated carbocycles. The number of rotatable bonds is 5. The Morgan fingerprint density at radius 1 is 0.857 bits per heavy atom. The standard InChI is InChI=1S/C20H18ClN3O2S2/c1-14-5-11-19(12-6-14)28(25,26)24-17-9-7-16(8-10-17)22-20(27)23-18-4-2-3-15(21)13-18/h2-13,24H,1H3,(H2,22,23,27). The van der Waals surface area contributed by atoms with Gasteiger partial charge in [0, 0.05) is 22.1 Å². The molecule has 0 aliphatic carbocycles. The van der Waals surface area contributed by atoms with Crippen LogP contribution in [0.4, 0.5) is 17.1 Å². The molecule has 0 amide bonds. The minimum atomic E-state index is -3.63. The Bertz CT molecular complexity index is 1080. The molecule has 0 unspecified atom stereocenters. The lowest BCUT2D eigenvalue weighted by molar-refractivity contribution is 0.601. The molecular formula is C20H18ClN3O2S2. The molecule has 0 bridgehead atoms. The van der Waals surface area contributed by atoms with Crippen LogP contribution < -0.4 is 15.4 Å². The van der Waals surface area contributed by atoms with Crippen LogP contribution >= 0.6 is 23.8 Å². The molecule has 5 nitrogen and oxygen atoms in total. The Balaban J connectivity index is 1.63. The molecule has 0 aliphatic rings. The number of hydrogen-bond acceptors (Lipinski definition) is 3. The summed E-state index contributed by atoms with van der Waals surface area (Å²) in [6.07, 6.45) is 0. The molecule has 0 atom stereocenters. The van der Waals surface area contributed by atoms with Crippen LogP contribution in [0.15, 0.2) is 77.7 Å². The fraction of sp³-hybridized carbons (Fsp3) is 0.0500. The van der Waals surface area contributed by atoms with Crippen molar-refractivity contribution in [1.29, 1.82) is 0 Å². The number of thiocarbonyl (C=S) groups is 1. The first-order valence-electron chi connectivity index (χ1n) is 8.35. The second kappa shape index (κ2) is 8.60. The van der Waals surface area contributed by atoms with E-state index in [0.717, 1.165) is 16.9 Å². The normalized spacial score (nSPS) is 10.9. The van der Waals surface area contributed by atoms with E-state index < -0.39 is 10.0 Å². The fourth-order valence-electron chi connectivity index (χ4n) is 2.41. The lowest BCUT2D eigenvalue weighted by atomic mass is 10.2. The first-order valence-corrected chi connectivity index (χ1v) is 10.6. The van der Waals surface area contributed by atoms with Crippen molar-refractivity contribution in [2.45, 2.75) is 11.8 Å². The van der Waals surface area contributed by atoms with E-state index in [1.54, 1.807) is 60.7 Å². The predicted octanol–water partition coefficient (Wildman–Crippen LogP) is 5.26. The van der Waals surface area contributed by atoms with Crippen LogP contribution in [-0.4, -0.2) is 13.5 Å². The van der Waals surface area contributed by atoms with Crippen LogP contribution in [0.5, 0.6) is 0 Å². The molecule has 8 heteroatoms. The maximum absolute atomic E-state index is 12.4. The number of hydrogen-bond donors (Lipinski definition) is 3. The molecule has 0 radical (unpaired) electrons. The Morgan fingerprint density at radius 2 is 1.46 bits per heavy atom. The van der Waals surface area contributed by atoms with Crippen molar-refractivity contribution in [3.8, 4) is 0 Å². The Hall–Kier alpha value is -2.61. The van der Waals surface area contributed by atoms with Crippen LogP contribution in [0.3, 0.4) is 0 Å². The van der Waals surface area contributed by atoms with E-state index >= 15 is 0 Å². The second-order valence-electron chi connectivity index (χ2n) is 6.09. The zero-order valence-electron chi connectivity index (χ0n) is 14.9. The van der Waals surface area contributed by atoms with Crippen LogP contribution in [0.25, 0.3) is 0 Å². The fourth-order valence-corrected chi connectivity index (χ4v) is 3.90. The highest BCUT2D eigenvalue weighted by molar-refractivity contribution is 7.92. The molecule has 3 aromatic rings. The Labute approximate surface area is 174 Å². The van der Waals surface area contributed by atoms with Gasteiger partial charge in [-0.05, 0) is 73.7 Å². The molecule has 0 spiro atoms. The summed E-state index contributed by atoms with van der Waals surface area (Å²) in [7, 11) is -3.63. The van der Waals surface area contributed by atoms with Gasteiger partial charge in [-0.2, -0.15) is 0 Å². The monoisotopic (exact) mass is 431 g/mol. The van der Waals surface area contributed by atoms with Crippen molar-refractivity contribution < 1.29 is 8.42 Å². The van der Waals surface area contributed by atoms with Gasteiger partial charge in [-0.25, -0.2) is 8.42 Å². The van der Waals surface area contributed by atoms with E-state index in [4.69, 9.17) is 23.8 Å². The van der Waals surface area contributed by atoms with E-state index in [-0.39, 0.29) is 4.90 Å². The summed E-state index contributed by atoms with van der Waals surface area (Å²) in [5, 5.41) is 7.08. The van der Waals surface area contributed by atoms with E-state index in [2.05, 4.69) is 15.4 Å². The molecule has 3 rings (SSSR count). The first kappa shape index (κ1) is 20.1. The van der Waals surface area contributed by atoms with Gasteiger partial charge in [-0.1, -0.05) is 35.4 Å². The number of halogens is 1. The van der Waals surface area contributed by atoms with E-state index in [1.165, 1.54) is 0 Å². The number of nitrogens with one attached hydrogen (secondary N) is 3. The van der Waals surface area contributed by atoms with Crippen molar-refractivity contribution in [1.82, 2.24) is 0 Å². The second-order valence-corrected chi connectivity index (χ2v) is 8.61. The Morgan fingerprint density at radius 3 is 2.11 bits per heavy atom. The molecule has 3 aromatic carbocycles. The maximum Gasteiger partial charge on any atom is 0.261 e. The zero-order chi connectivity index (χ0) is 20.1. The van der Waals surface area contributed by atoms with Gasteiger partial charge in [-0.15, -0.1) is 0 Å². The predicted molar refractivity (Wildman–Crippen MR) is 120 cm³/mol. The van der Waals surface area contributed by atoms with Crippen molar-refractivity contribution >= 4 is 56.0 Å². The van der Waals surface area contributed by atoms with Gasteiger partial charge in [0.1, 0.15) is 0 Å². The van der Waals surface area contributed by atoms with Crippen LogP contribution in [0.1, 0.15) is 5.56 Å². The van der Waals surface area contributed by atoms with Gasteiger partial charge < -0.3 is 10.6 Å². The third-order valence-electron chi connectivity index (χ3n) is 3.81. The first-order chi connectivity index (χ1) is 13.3. The SMILES string of the molecule is Cc1ccc(S(=O)(=O)Nc2ccc(NC(=S)Nc3cccc(Cl)c3)cc2)cc1. The number of benzene rings is 3. The topological polar surface area (TPSA) is 70.2 Å². The average Bonchev–Trinajstić information content (AvgIpc) is 2.63. The van der Waals surface area contributed by atoms with E-state index in [9.17, 15) is 8.42 Å². The number of aryl methyl sites for hydroxylation is 1. The molecule has 0 saturated heterocycles. The number of sulfonamides is 1. The van der Waals surface area contributed by atoms with Gasteiger partial charge in [0.05, 0.1) is 4.90 Å². The van der Waals surface area contributed by atoms with E-state index in [1.807, 2.05) is 19.1 Å². The number of anilines is 3. The molecule has 3 N–H and O–H groups in total. The lowest BCUT2D eigenvalue weighted by Crippen LogP contribution is -2.19. The third kappa shape index (κ3) is 5.45. The average molecular weight is 432 g/mol. The van der Waals surface area contributed by atoms with Crippen molar-refractivity contribution in [2.24, 2.45) is 0 Å². The molecule has 0 aliphatic heterocycles. The molecule has 28 heavy (non-hydrogen) atoms. The van der Waals surface area contributed by atoms with Crippen LogP contribution in [0, 0.1) is 6.92 Å². The summed E-state index contributed by atoms with van der Waals surface area (Å²) < 4.78 is 27.4. The van der Waals surface area contributed by atoms with Crippen LogP contribution in [0.2, 0.25) is 5.02 Å². The summed E-state index contributed by atoms with van der Waals surface area (Å²) in [6, 6.07) is 20.7. The Kier molecular flexibility index (Phi) is 6.18. The highest BCUT2D eigenvalue weighted by Crippen LogP contribution is 2.20. The van der Waals surface area contributed by atoms with Crippen LogP contribution in [-0.2, 0) is 10.0 Å². The van der Waals surface area contributed by atoms with Crippen molar-refractivity contribution in [3.63, 3.8) is 0 Å². The smallest absolute Gasteiger partial charge is 0.261 e. The van der Waals surface area contributed by atoms with Gasteiger partial charge in [0.25, 0.3) is 10.0 Å². The summed E-state index contributed by atoms with van der Waals surface area (Å²) in [6.45, 7) is 1.90. The molecule has 0 aromatic heterocycles. The summed E-state index contributed by atoms with van der Waals surface area (Å²) in [5.41, 5.74) is 2.95. The maximum atomic E-state index is 12.4. The van der Waals surface area contributed by atoms with Crippen molar-refractivity contribution in [3.05, 3.63) is 83.4 Å². The molecular weight excluding hydrogens is 414 g/mol. The lowest BCUT2D eigenvalue weighted by Gasteiger charge is -2.12. The molecule has 0 fully saturated rings. The summed E-state index contributed by atoms with van der Waals surface area (Å²) >= 11 is 11.2. The quantitative estimate of drug-likeness (QED) is 0.481. The summed E-state index contributed by atoms with van der Waals surface area (Å²) in [5.74, 6) is 0. The minimum absolute atomic E-state index is 0.215.